The van der Waals surface area contributed by atoms with E-state index in [0.717, 1.165) is 16.3 Å². The third-order valence-corrected chi connectivity index (χ3v) is 3.11. The number of hydrogen-bond donors (Lipinski definition) is 2. The lowest BCUT2D eigenvalue weighted by atomic mass is 10.0. The second-order valence-corrected chi connectivity index (χ2v) is 4.34. The second-order valence-electron chi connectivity index (χ2n) is 4.34. The number of benzene rings is 1. The van der Waals surface area contributed by atoms with E-state index in [1.807, 2.05) is 31.2 Å². The molecule has 1 aromatic carbocycles. The average Bonchev–Trinajstić information content (AvgIpc) is 2.79. The summed E-state index contributed by atoms with van der Waals surface area (Å²) in [7, 11) is 0. The Balaban J connectivity index is 2.06. The van der Waals surface area contributed by atoms with Crippen LogP contribution in [0.25, 0.3) is 10.8 Å². The van der Waals surface area contributed by atoms with Gasteiger partial charge in [0.2, 0.25) is 0 Å². The summed E-state index contributed by atoms with van der Waals surface area (Å²) in [5.74, 6) is 0.441. The number of carbonyl (C=O) groups is 1. The molecule has 1 aromatic heterocycles. The molecule has 5 heteroatoms. The van der Waals surface area contributed by atoms with Crippen molar-refractivity contribution >= 4 is 22.6 Å². The van der Waals surface area contributed by atoms with Crippen LogP contribution < -0.4 is 10.6 Å². The Morgan fingerprint density at radius 1 is 1.32 bits per heavy atom. The fourth-order valence-corrected chi connectivity index (χ4v) is 2.26. The Hall–Kier alpha value is -2.43. The lowest BCUT2D eigenvalue weighted by Crippen LogP contribution is -2.25. The number of fused-ring (bicyclic) bond motifs is 1. The summed E-state index contributed by atoms with van der Waals surface area (Å²) in [6.07, 6.45) is 3.53. The molecular formula is C14H14N4O. The number of hydrogen-bond acceptors (Lipinski definition) is 3. The molecule has 0 radical (unpaired) electrons. The maximum Gasteiger partial charge on any atom is 0.253 e. The highest BCUT2D eigenvalue weighted by molar-refractivity contribution is 6.08. The zero-order valence-corrected chi connectivity index (χ0v) is 10.6. The summed E-state index contributed by atoms with van der Waals surface area (Å²) >= 11 is 0. The smallest absolute Gasteiger partial charge is 0.253 e. The number of nitrogens with zero attached hydrogens (tertiary/aromatic N) is 2. The molecule has 0 saturated carbocycles. The van der Waals surface area contributed by atoms with Gasteiger partial charge in [0.25, 0.3) is 5.91 Å². The van der Waals surface area contributed by atoms with Gasteiger partial charge < -0.3 is 5.32 Å². The molecule has 1 amide bonds. The van der Waals surface area contributed by atoms with Gasteiger partial charge in [-0.05, 0) is 12.3 Å². The summed E-state index contributed by atoms with van der Waals surface area (Å²) in [6.45, 7) is 2.55. The molecule has 1 aliphatic rings. The molecule has 1 aliphatic heterocycles. The first-order valence-corrected chi connectivity index (χ1v) is 6.24. The first kappa shape index (κ1) is 11.6. The molecule has 1 saturated heterocycles. The summed E-state index contributed by atoms with van der Waals surface area (Å²) in [4.78, 5) is 20.4. The minimum atomic E-state index is -0.427. The van der Waals surface area contributed by atoms with Gasteiger partial charge in [-0.2, -0.15) is 0 Å². The maximum absolute atomic E-state index is 12.0. The molecule has 1 unspecified atom stereocenters. The summed E-state index contributed by atoms with van der Waals surface area (Å²) < 4.78 is 0. The standard InChI is InChI=1S/C14H14N4O/c1-2-16-14-17-12(13(19)18-14)11-8-15-7-9-5-3-4-6-10(9)11/h3-8,12H,2H2,1H3,(H2,16,17,18,19). The summed E-state index contributed by atoms with van der Waals surface area (Å²) in [6, 6.07) is 7.47. The zero-order chi connectivity index (χ0) is 13.2. The van der Waals surface area contributed by atoms with Crippen molar-refractivity contribution in [3.05, 3.63) is 42.2 Å². The van der Waals surface area contributed by atoms with Crippen molar-refractivity contribution in [1.82, 2.24) is 15.6 Å². The SMILES string of the molecule is CCN=C1NC(=O)C(c2cncc3ccccc23)N1. The second kappa shape index (κ2) is 4.68. The van der Waals surface area contributed by atoms with Gasteiger partial charge >= 0.3 is 0 Å². The van der Waals surface area contributed by atoms with Crippen molar-refractivity contribution in [3.8, 4) is 0 Å². The number of carbonyl (C=O) groups excluding carboxylic acids is 1. The molecule has 0 bridgehead atoms. The maximum atomic E-state index is 12.0. The van der Waals surface area contributed by atoms with Crippen molar-refractivity contribution < 1.29 is 4.79 Å². The first-order valence-electron chi connectivity index (χ1n) is 6.24. The molecule has 0 aliphatic carbocycles. The van der Waals surface area contributed by atoms with Crippen LogP contribution in [-0.2, 0) is 4.79 Å². The zero-order valence-electron chi connectivity index (χ0n) is 10.6. The number of nitrogens with one attached hydrogen (secondary N) is 2. The number of aliphatic imine (C=N–C) groups is 1. The van der Waals surface area contributed by atoms with Gasteiger partial charge in [-0.3, -0.25) is 20.1 Å². The molecule has 2 N–H and O–H groups in total. The van der Waals surface area contributed by atoms with Crippen LogP contribution >= 0.6 is 0 Å². The number of amides is 1. The monoisotopic (exact) mass is 254 g/mol. The number of aromatic nitrogens is 1. The van der Waals surface area contributed by atoms with E-state index in [1.54, 1.807) is 12.4 Å². The van der Waals surface area contributed by atoms with E-state index in [0.29, 0.717) is 12.5 Å². The summed E-state index contributed by atoms with van der Waals surface area (Å²) in [5, 5.41) is 7.89. The fourth-order valence-electron chi connectivity index (χ4n) is 2.26. The van der Waals surface area contributed by atoms with E-state index in [2.05, 4.69) is 20.6 Å². The molecule has 2 aromatic rings. The molecule has 3 rings (SSSR count). The Morgan fingerprint density at radius 2 is 2.16 bits per heavy atom. The van der Waals surface area contributed by atoms with Crippen molar-refractivity contribution in [2.24, 2.45) is 4.99 Å². The predicted molar refractivity (Wildman–Crippen MR) is 73.7 cm³/mol. The number of pyridine rings is 1. The van der Waals surface area contributed by atoms with Crippen LogP contribution in [0.2, 0.25) is 0 Å². The van der Waals surface area contributed by atoms with Gasteiger partial charge in [0.15, 0.2) is 5.96 Å². The Kier molecular flexibility index (Phi) is 2.87. The molecule has 2 heterocycles. The van der Waals surface area contributed by atoms with E-state index in [9.17, 15) is 4.79 Å². The van der Waals surface area contributed by atoms with Gasteiger partial charge in [-0.15, -0.1) is 0 Å². The van der Waals surface area contributed by atoms with Gasteiger partial charge in [-0.25, -0.2) is 0 Å². The van der Waals surface area contributed by atoms with E-state index in [-0.39, 0.29) is 5.91 Å². The number of rotatable bonds is 2. The van der Waals surface area contributed by atoms with Gasteiger partial charge in [0.05, 0.1) is 0 Å². The van der Waals surface area contributed by atoms with Crippen LogP contribution in [0.3, 0.4) is 0 Å². The summed E-state index contributed by atoms with van der Waals surface area (Å²) in [5.41, 5.74) is 0.872. The molecule has 96 valence electrons. The van der Waals surface area contributed by atoms with Gasteiger partial charge in [0.1, 0.15) is 6.04 Å². The fraction of sp³-hybridized carbons (Fsp3) is 0.214. The minimum Gasteiger partial charge on any atom is -0.340 e. The van der Waals surface area contributed by atoms with E-state index >= 15 is 0 Å². The van der Waals surface area contributed by atoms with Crippen molar-refractivity contribution in [3.63, 3.8) is 0 Å². The van der Waals surface area contributed by atoms with Crippen LogP contribution in [0, 0.1) is 0 Å². The van der Waals surface area contributed by atoms with Crippen LogP contribution in [0.15, 0.2) is 41.7 Å². The lowest BCUT2D eigenvalue weighted by Gasteiger charge is -2.10. The highest BCUT2D eigenvalue weighted by atomic mass is 16.2. The highest BCUT2D eigenvalue weighted by Crippen LogP contribution is 2.24. The average molecular weight is 254 g/mol. The van der Waals surface area contributed by atoms with Crippen LogP contribution in [0.5, 0.6) is 0 Å². The molecule has 0 spiro atoms. The van der Waals surface area contributed by atoms with Crippen LogP contribution in [-0.4, -0.2) is 23.4 Å². The Bertz CT molecular complexity index is 660. The van der Waals surface area contributed by atoms with Crippen molar-refractivity contribution in [2.45, 2.75) is 13.0 Å². The Labute approximate surface area is 110 Å². The third kappa shape index (κ3) is 2.03. The van der Waals surface area contributed by atoms with Crippen LogP contribution in [0.1, 0.15) is 18.5 Å². The predicted octanol–water partition coefficient (Wildman–Crippen LogP) is 1.37. The van der Waals surface area contributed by atoms with E-state index in [4.69, 9.17) is 0 Å². The molecular weight excluding hydrogens is 240 g/mol. The minimum absolute atomic E-state index is 0.0923. The number of guanidine groups is 1. The molecule has 5 nitrogen and oxygen atoms in total. The van der Waals surface area contributed by atoms with Crippen molar-refractivity contribution in [1.29, 1.82) is 0 Å². The Morgan fingerprint density at radius 3 is 3.00 bits per heavy atom. The molecule has 1 fully saturated rings. The molecule has 1 atom stereocenters. The van der Waals surface area contributed by atoms with Gasteiger partial charge in [0, 0.05) is 29.9 Å². The topological polar surface area (TPSA) is 66.4 Å². The quantitative estimate of drug-likeness (QED) is 0.850. The largest absolute Gasteiger partial charge is 0.340 e. The lowest BCUT2D eigenvalue weighted by molar-refractivity contribution is -0.120. The van der Waals surface area contributed by atoms with Crippen LogP contribution in [0.4, 0.5) is 0 Å². The van der Waals surface area contributed by atoms with E-state index < -0.39 is 6.04 Å². The first-order chi connectivity index (χ1) is 9.29. The third-order valence-electron chi connectivity index (χ3n) is 3.11. The molecule has 19 heavy (non-hydrogen) atoms. The normalized spacial score (nSPS) is 20.6. The highest BCUT2D eigenvalue weighted by Gasteiger charge is 2.30. The van der Waals surface area contributed by atoms with Gasteiger partial charge in [-0.1, -0.05) is 24.3 Å². The van der Waals surface area contributed by atoms with Crippen molar-refractivity contribution in [2.75, 3.05) is 6.54 Å². The van der Waals surface area contributed by atoms with E-state index in [1.165, 1.54) is 0 Å².